The molecule has 8 nitrogen and oxygen atoms in total. The van der Waals surface area contributed by atoms with Crippen molar-refractivity contribution in [3.05, 3.63) is 428 Å². The van der Waals surface area contributed by atoms with Gasteiger partial charge in [0.25, 0.3) is 0 Å². The second-order valence-electron chi connectivity index (χ2n) is 32.3. The van der Waals surface area contributed by atoms with Crippen LogP contribution in [0.2, 0.25) is 0 Å². The maximum absolute atomic E-state index is 6.19. The van der Waals surface area contributed by atoms with Gasteiger partial charge in [-0.3, -0.25) is 9.13 Å². The highest BCUT2D eigenvalue weighted by molar-refractivity contribution is 14.1. The summed E-state index contributed by atoms with van der Waals surface area (Å²) >= 11 is 2.45. The largest absolute Gasteiger partial charge is 0.494 e. The first-order valence-corrected chi connectivity index (χ1v) is 42.7. The van der Waals surface area contributed by atoms with Crippen molar-refractivity contribution in [1.29, 1.82) is 0 Å². The first-order chi connectivity index (χ1) is 59.9. The normalized spacial score (nSPS) is 12.8. The molecule has 0 atom stereocenters. The Morgan fingerprint density at radius 3 is 0.960 bits per heavy atom. The van der Waals surface area contributed by atoms with Crippen molar-refractivity contribution < 1.29 is 9.31 Å². The van der Waals surface area contributed by atoms with Crippen molar-refractivity contribution in [2.45, 2.75) is 46.3 Å². The zero-order valence-corrected chi connectivity index (χ0v) is 72.8. The number of benzene rings is 18. The monoisotopic (exact) mass is 1820 g/mol. The van der Waals surface area contributed by atoms with Crippen LogP contribution < -0.4 is 5.46 Å². The van der Waals surface area contributed by atoms with Gasteiger partial charge in [-0.05, 0) is 243 Å². The number of fused-ring (bicyclic) bond motifs is 10. The molecule has 0 radical (unpaired) electrons. The van der Waals surface area contributed by atoms with Crippen molar-refractivity contribution in [2.75, 3.05) is 0 Å². The van der Waals surface area contributed by atoms with Gasteiger partial charge in [0, 0.05) is 64.4 Å². The summed E-state index contributed by atoms with van der Waals surface area (Å²) < 4.78 is 22.9. The Kier molecular flexibility index (Phi) is 21.8. The smallest absolute Gasteiger partial charge is 0.399 e. The van der Waals surface area contributed by atoms with Crippen LogP contribution in [-0.2, 0) is 9.31 Å². The molecule has 1 saturated heterocycles. The predicted octanol–water partition coefficient (Wildman–Crippen LogP) is 30.1. The van der Waals surface area contributed by atoms with Crippen molar-refractivity contribution >= 4 is 146 Å². The summed E-state index contributed by atoms with van der Waals surface area (Å²) in [6.45, 7) is 8.29. The number of imidazole rings is 2. The van der Waals surface area contributed by atoms with E-state index in [9.17, 15) is 0 Å². The SMILES string of the molecule is C.CC1(C)OB(c2ccc(-c3nc4ccccc4n3-c3ccccc3)cc2)OC1(C)C.I.Ic1cccc2cccc(-c3ccc(-c4ccc5c(c4)c4ccccc4n5-c4ccccc4)cc3)c12.c1ccc(-n2c(-c3ccc(-c4cccc5cccc(-c6ccc(-c7ccc8c(c7)c7ccccc7n8-c7ccccc7)cc6)c45)cc3)nc3ccccc32)cc1. The summed E-state index contributed by atoms with van der Waals surface area (Å²) in [5, 5.41) is 10.2. The minimum Gasteiger partial charge on any atom is -0.399 e. The summed E-state index contributed by atoms with van der Waals surface area (Å²) in [5.74, 6) is 1.85. The molecule has 0 bridgehead atoms. The molecule has 4 aromatic heterocycles. The third kappa shape index (κ3) is 14.7. The van der Waals surface area contributed by atoms with Gasteiger partial charge in [0.15, 0.2) is 0 Å². The molecule has 124 heavy (non-hydrogen) atoms. The van der Waals surface area contributed by atoms with E-state index in [2.05, 4.69) is 481 Å². The number of rotatable bonds is 12. The van der Waals surface area contributed by atoms with Crippen LogP contribution in [0.1, 0.15) is 35.1 Å². The van der Waals surface area contributed by atoms with E-state index in [1.54, 1.807) is 0 Å². The highest BCUT2D eigenvalue weighted by atomic mass is 127. The minimum absolute atomic E-state index is 0. The average Bonchev–Trinajstić information content (AvgIpc) is 1.59. The Morgan fingerprint density at radius 2 is 0.556 bits per heavy atom. The average molecular weight is 1830 g/mol. The van der Waals surface area contributed by atoms with Gasteiger partial charge in [0.1, 0.15) is 11.6 Å². The minimum atomic E-state index is -0.364. The van der Waals surface area contributed by atoms with Gasteiger partial charge in [0.05, 0.1) is 55.3 Å². The lowest BCUT2D eigenvalue weighted by Gasteiger charge is -2.32. The third-order valence-electron chi connectivity index (χ3n) is 24.5. The lowest BCUT2D eigenvalue weighted by atomic mass is 9.79. The number of hydrogen-bond donors (Lipinski definition) is 0. The molecule has 1 aliphatic heterocycles. The van der Waals surface area contributed by atoms with E-state index >= 15 is 0 Å². The molecule has 598 valence electrons. The Bertz CT molecular complexity index is 7650. The second-order valence-corrected chi connectivity index (χ2v) is 33.5. The van der Waals surface area contributed by atoms with Gasteiger partial charge in [-0.1, -0.05) is 317 Å². The van der Waals surface area contributed by atoms with Crippen LogP contribution in [0.25, 0.3) is 188 Å². The van der Waals surface area contributed by atoms with E-state index < -0.39 is 0 Å². The molecule has 0 saturated carbocycles. The maximum atomic E-state index is 6.19. The molecule has 0 unspecified atom stereocenters. The molecule has 0 spiro atoms. The Morgan fingerprint density at radius 1 is 0.258 bits per heavy atom. The van der Waals surface area contributed by atoms with E-state index in [-0.39, 0.29) is 49.7 Å². The molecule has 0 amide bonds. The quantitative estimate of drug-likeness (QED) is 0.0903. The molecule has 1 aliphatic rings. The van der Waals surface area contributed by atoms with Crippen LogP contribution in [0, 0.1) is 3.57 Å². The Balaban J connectivity index is 0.000000128. The van der Waals surface area contributed by atoms with Gasteiger partial charge < -0.3 is 18.4 Å². The van der Waals surface area contributed by atoms with E-state index in [4.69, 9.17) is 19.3 Å². The van der Waals surface area contributed by atoms with E-state index in [0.717, 1.165) is 61.7 Å². The molecular weight excluding hydrogens is 1740 g/mol. The van der Waals surface area contributed by atoms with E-state index in [0.29, 0.717) is 0 Å². The summed E-state index contributed by atoms with van der Waals surface area (Å²) in [6, 6.07) is 151. The third-order valence-corrected chi connectivity index (χ3v) is 25.4. The lowest BCUT2D eigenvalue weighted by molar-refractivity contribution is 0.00578. The zero-order chi connectivity index (χ0) is 82.0. The molecule has 1 fully saturated rings. The van der Waals surface area contributed by atoms with Gasteiger partial charge in [0.2, 0.25) is 0 Å². The van der Waals surface area contributed by atoms with Gasteiger partial charge >= 0.3 is 7.12 Å². The highest BCUT2D eigenvalue weighted by Crippen LogP contribution is 2.44. The number of nitrogens with zero attached hydrogens (tertiary/aromatic N) is 6. The van der Waals surface area contributed by atoms with Crippen molar-refractivity contribution in [3.63, 3.8) is 0 Å². The van der Waals surface area contributed by atoms with Crippen molar-refractivity contribution in [1.82, 2.24) is 28.2 Å². The number of halogens is 2. The summed E-state index contributed by atoms with van der Waals surface area (Å²) in [6.07, 6.45) is 0. The zero-order valence-electron chi connectivity index (χ0n) is 68.3. The van der Waals surface area contributed by atoms with E-state index in [1.165, 1.54) is 136 Å². The van der Waals surface area contributed by atoms with Crippen LogP contribution in [0.3, 0.4) is 0 Å². The fraction of sp³-hybridized carbons (Fsp3) is 0.0619. The number of aromatic nitrogens is 6. The van der Waals surface area contributed by atoms with Crippen LogP contribution in [0.15, 0.2) is 425 Å². The fourth-order valence-corrected chi connectivity index (χ4v) is 18.6. The summed E-state index contributed by atoms with van der Waals surface area (Å²) in [4.78, 5) is 10.0. The standard InChI is InChI=1S/C53H35N3.C34H22IN.C25H25BN2O2.CH4.HI/c1-3-15-42(16-4-1)55-49-23-9-7-19-46(49)47-35-41(33-34-50(47)55)36-25-27-37(28-26-36)44-20-11-13-39-14-12-21-45(52(39)44)38-29-31-40(32-30-38)53-54-48-22-8-10-24-51(48)56(53)43-17-5-2-6-18-43;35-31-14-7-9-25-8-6-13-28(34(25)31)24-18-16-23(17-19-24)26-20-21-33-30(22-26)29-12-4-5-15-32(29)36(33)27-10-2-1-3-11-27;1-24(2)25(3,4)30-26(29-24)19-16-14-18(15-17-19)23-27-21-12-8-9-13-22(21)28(23)20-10-6-5-7-11-20;;/h1-35H;1-22H;5-17H,1-4H3;1H4;1H. The molecule has 0 N–H and O–H groups in total. The summed E-state index contributed by atoms with van der Waals surface area (Å²) in [5.41, 5.74) is 28.2. The number of para-hydroxylation sites is 10. The Hall–Kier alpha value is -13.5. The van der Waals surface area contributed by atoms with Gasteiger partial charge in [-0.25, -0.2) is 9.97 Å². The Labute approximate surface area is 753 Å². The first-order valence-electron chi connectivity index (χ1n) is 41.6. The maximum Gasteiger partial charge on any atom is 0.494 e. The first kappa shape index (κ1) is 80.2. The highest BCUT2D eigenvalue weighted by Gasteiger charge is 2.51. The van der Waals surface area contributed by atoms with Crippen LogP contribution in [0.5, 0.6) is 0 Å². The van der Waals surface area contributed by atoms with Crippen molar-refractivity contribution in [3.8, 4) is 101 Å². The molecule has 23 rings (SSSR count). The van der Waals surface area contributed by atoms with Gasteiger partial charge in [-0.15, -0.1) is 24.0 Å². The van der Waals surface area contributed by atoms with Crippen LogP contribution >= 0.6 is 46.6 Å². The molecule has 0 aliphatic carbocycles. The van der Waals surface area contributed by atoms with Crippen LogP contribution in [-0.4, -0.2) is 46.6 Å². The van der Waals surface area contributed by atoms with E-state index in [1.807, 2.05) is 12.1 Å². The fourth-order valence-electron chi connectivity index (χ4n) is 17.7. The predicted molar refractivity (Wildman–Crippen MR) is 541 cm³/mol. The molecular formula is C113H87BI2N6O2. The lowest BCUT2D eigenvalue weighted by Crippen LogP contribution is -2.41. The molecule has 18 aromatic carbocycles. The molecule has 11 heteroatoms. The number of hydrogen-bond acceptors (Lipinski definition) is 4. The van der Waals surface area contributed by atoms with Crippen LogP contribution in [0.4, 0.5) is 0 Å². The van der Waals surface area contributed by atoms with Crippen molar-refractivity contribution in [2.24, 2.45) is 0 Å². The topological polar surface area (TPSA) is 64.0 Å². The summed E-state index contributed by atoms with van der Waals surface area (Å²) in [7, 11) is -0.364. The molecule has 5 heterocycles. The molecule has 22 aromatic rings. The van der Waals surface area contributed by atoms with Gasteiger partial charge in [-0.2, -0.15) is 0 Å². The second kappa shape index (κ2) is 33.7.